The molecule has 0 unspecified atom stereocenters. The zero-order valence-corrected chi connectivity index (χ0v) is 19.1. The molecule has 2 aromatic carbocycles. The summed E-state index contributed by atoms with van der Waals surface area (Å²) in [7, 11) is 0. The van der Waals surface area contributed by atoms with Crippen molar-refractivity contribution in [2.24, 2.45) is 5.41 Å². The largest absolute Gasteiger partial charge is 0.454 e. The fraction of sp³-hybridized carbons (Fsp3) is 0.407. The summed E-state index contributed by atoms with van der Waals surface area (Å²) in [5.41, 5.74) is 0.638. The highest BCUT2D eigenvalue weighted by Gasteiger charge is 2.41. The van der Waals surface area contributed by atoms with Crippen molar-refractivity contribution in [3.05, 3.63) is 66.4 Å². The molecule has 0 spiro atoms. The van der Waals surface area contributed by atoms with Gasteiger partial charge in [0.05, 0.1) is 5.41 Å². The lowest BCUT2D eigenvalue weighted by molar-refractivity contribution is -0.126. The normalized spacial score (nSPS) is 20.5. The van der Waals surface area contributed by atoms with Crippen molar-refractivity contribution in [3.63, 3.8) is 0 Å². The maximum Gasteiger partial charge on any atom is 0.236 e. The Morgan fingerprint density at radius 3 is 2.53 bits per heavy atom. The van der Waals surface area contributed by atoms with Crippen molar-refractivity contribution < 1.29 is 19.1 Å². The topological polar surface area (TPSA) is 55.8 Å². The van der Waals surface area contributed by atoms with Crippen LogP contribution in [0.5, 0.6) is 11.5 Å². The summed E-state index contributed by atoms with van der Waals surface area (Å²) in [6.07, 6.45) is 7.63. The van der Waals surface area contributed by atoms with Crippen LogP contribution >= 0.6 is 0 Å². The number of ether oxygens (including phenoxy) is 2. The molecular formula is C27H31NO4. The SMILES string of the molecule is CC(C)(C)C(=O)N(/C=C/C[C@]1(c2ccc3c(c2)OCO3)CCCCC1=O)c1ccccc1. The quantitative estimate of drug-likeness (QED) is 0.600. The van der Waals surface area contributed by atoms with Crippen molar-refractivity contribution in [1.82, 2.24) is 0 Å². The Morgan fingerprint density at radius 2 is 1.81 bits per heavy atom. The van der Waals surface area contributed by atoms with Crippen LogP contribution in [0, 0.1) is 5.41 Å². The Labute approximate surface area is 190 Å². The van der Waals surface area contributed by atoms with E-state index in [2.05, 4.69) is 0 Å². The molecule has 5 heteroatoms. The maximum atomic E-state index is 13.3. The van der Waals surface area contributed by atoms with Crippen molar-refractivity contribution in [2.75, 3.05) is 11.7 Å². The van der Waals surface area contributed by atoms with Crippen LogP contribution in [-0.2, 0) is 15.0 Å². The molecule has 1 aliphatic carbocycles. The van der Waals surface area contributed by atoms with E-state index >= 15 is 0 Å². The first-order chi connectivity index (χ1) is 15.3. The molecule has 1 aliphatic heterocycles. The Morgan fingerprint density at radius 1 is 1.06 bits per heavy atom. The van der Waals surface area contributed by atoms with E-state index in [1.807, 2.05) is 81.6 Å². The molecule has 0 saturated heterocycles. The zero-order chi connectivity index (χ0) is 22.8. The van der Waals surface area contributed by atoms with E-state index in [-0.39, 0.29) is 18.5 Å². The van der Waals surface area contributed by atoms with Crippen LogP contribution in [0.2, 0.25) is 0 Å². The number of hydrogen-bond acceptors (Lipinski definition) is 4. The number of rotatable bonds is 5. The lowest BCUT2D eigenvalue weighted by Gasteiger charge is -2.36. The van der Waals surface area contributed by atoms with Crippen LogP contribution in [-0.4, -0.2) is 18.5 Å². The van der Waals surface area contributed by atoms with Crippen LogP contribution in [0.1, 0.15) is 58.4 Å². The summed E-state index contributed by atoms with van der Waals surface area (Å²) >= 11 is 0. The van der Waals surface area contributed by atoms with E-state index in [4.69, 9.17) is 9.47 Å². The van der Waals surface area contributed by atoms with E-state index in [0.29, 0.717) is 24.3 Å². The lowest BCUT2D eigenvalue weighted by Crippen LogP contribution is -2.39. The second-order valence-corrected chi connectivity index (χ2v) is 9.63. The van der Waals surface area contributed by atoms with Crippen LogP contribution < -0.4 is 14.4 Å². The Bertz CT molecular complexity index is 1020. The minimum absolute atomic E-state index is 0.00653. The first-order valence-corrected chi connectivity index (χ1v) is 11.3. The molecule has 0 radical (unpaired) electrons. The molecule has 1 atom stereocenters. The van der Waals surface area contributed by atoms with Gasteiger partial charge in [-0.3, -0.25) is 14.5 Å². The summed E-state index contributed by atoms with van der Waals surface area (Å²) < 4.78 is 11.0. The number of fused-ring (bicyclic) bond motifs is 1. The van der Waals surface area contributed by atoms with Gasteiger partial charge >= 0.3 is 0 Å². The van der Waals surface area contributed by atoms with Gasteiger partial charge in [-0.15, -0.1) is 0 Å². The van der Waals surface area contributed by atoms with E-state index in [1.165, 1.54) is 0 Å². The van der Waals surface area contributed by atoms with Gasteiger partial charge in [-0.2, -0.15) is 0 Å². The average molecular weight is 434 g/mol. The number of ketones is 1. The third kappa shape index (κ3) is 4.29. The molecule has 1 saturated carbocycles. The van der Waals surface area contributed by atoms with Crippen LogP contribution in [0.3, 0.4) is 0 Å². The molecule has 1 fully saturated rings. The predicted molar refractivity (Wildman–Crippen MR) is 125 cm³/mol. The molecule has 1 heterocycles. The van der Waals surface area contributed by atoms with Gasteiger partial charge in [0.1, 0.15) is 5.78 Å². The number of amides is 1. The van der Waals surface area contributed by atoms with E-state index in [9.17, 15) is 9.59 Å². The number of hydrogen-bond donors (Lipinski definition) is 0. The summed E-state index contributed by atoms with van der Waals surface area (Å²) in [5, 5.41) is 0. The fourth-order valence-electron chi connectivity index (χ4n) is 4.50. The molecule has 5 nitrogen and oxygen atoms in total. The maximum absolute atomic E-state index is 13.3. The average Bonchev–Trinajstić information content (AvgIpc) is 3.25. The Hall–Kier alpha value is -3.08. The molecule has 2 aliphatic rings. The summed E-state index contributed by atoms with van der Waals surface area (Å²) in [6, 6.07) is 15.5. The summed E-state index contributed by atoms with van der Waals surface area (Å²) in [5.74, 6) is 1.67. The minimum Gasteiger partial charge on any atom is -0.454 e. The fourth-order valence-corrected chi connectivity index (χ4v) is 4.50. The van der Waals surface area contributed by atoms with Crippen LogP contribution in [0.15, 0.2) is 60.8 Å². The summed E-state index contributed by atoms with van der Waals surface area (Å²) in [6.45, 7) is 5.95. The number of allylic oxidation sites excluding steroid dienone is 1. The van der Waals surface area contributed by atoms with E-state index < -0.39 is 10.8 Å². The first-order valence-electron chi connectivity index (χ1n) is 11.3. The third-order valence-corrected chi connectivity index (χ3v) is 6.33. The smallest absolute Gasteiger partial charge is 0.236 e. The van der Waals surface area contributed by atoms with Crippen molar-refractivity contribution in [2.45, 2.75) is 58.3 Å². The van der Waals surface area contributed by atoms with Gasteiger partial charge in [0.25, 0.3) is 0 Å². The third-order valence-electron chi connectivity index (χ3n) is 6.33. The monoisotopic (exact) mass is 433 g/mol. The van der Waals surface area contributed by atoms with Gasteiger partial charge in [0.2, 0.25) is 12.7 Å². The molecule has 32 heavy (non-hydrogen) atoms. The highest BCUT2D eigenvalue weighted by molar-refractivity contribution is 5.98. The van der Waals surface area contributed by atoms with Gasteiger partial charge in [-0.1, -0.05) is 57.5 Å². The first kappa shape index (κ1) is 22.1. The van der Waals surface area contributed by atoms with Crippen molar-refractivity contribution >= 4 is 17.4 Å². The second-order valence-electron chi connectivity index (χ2n) is 9.63. The minimum atomic E-state index is -0.608. The number of nitrogens with zero attached hydrogens (tertiary/aromatic N) is 1. The van der Waals surface area contributed by atoms with Crippen LogP contribution in [0.4, 0.5) is 5.69 Å². The molecule has 4 rings (SSSR count). The number of benzene rings is 2. The highest BCUT2D eigenvalue weighted by Crippen LogP contribution is 2.44. The van der Waals surface area contributed by atoms with Gasteiger partial charge in [0.15, 0.2) is 11.5 Å². The Balaban J connectivity index is 1.66. The van der Waals surface area contributed by atoms with Gasteiger partial charge < -0.3 is 9.47 Å². The molecule has 168 valence electrons. The zero-order valence-electron chi connectivity index (χ0n) is 19.1. The molecule has 2 aromatic rings. The number of carbonyl (C=O) groups excluding carboxylic acids is 2. The Kier molecular flexibility index (Phi) is 6.09. The summed E-state index contributed by atoms with van der Waals surface area (Å²) in [4.78, 5) is 28.1. The molecule has 0 N–H and O–H groups in total. The number of carbonyl (C=O) groups is 2. The number of anilines is 1. The molecule has 0 aromatic heterocycles. The second kappa shape index (κ2) is 8.81. The lowest BCUT2D eigenvalue weighted by atomic mass is 9.66. The highest BCUT2D eigenvalue weighted by atomic mass is 16.7. The van der Waals surface area contributed by atoms with E-state index in [0.717, 1.165) is 30.5 Å². The van der Waals surface area contributed by atoms with Gasteiger partial charge in [-0.05, 0) is 49.1 Å². The standard InChI is InChI=1S/C27H31NO4/c1-26(2,3)25(30)28(21-10-5-4-6-11-21)17-9-16-27(15-8-7-12-24(27)29)20-13-14-22-23(18-20)32-19-31-22/h4-6,9-11,13-14,17-18H,7-8,12,15-16,19H2,1-3H3/b17-9+/t27-/m0/s1. The van der Waals surface area contributed by atoms with Gasteiger partial charge in [0, 0.05) is 23.7 Å². The molecule has 0 bridgehead atoms. The van der Waals surface area contributed by atoms with Crippen LogP contribution in [0.25, 0.3) is 0 Å². The molecule has 1 amide bonds. The molecular weight excluding hydrogens is 402 g/mol. The van der Waals surface area contributed by atoms with Gasteiger partial charge in [-0.25, -0.2) is 0 Å². The van der Waals surface area contributed by atoms with Crippen molar-refractivity contribution in [3.8, 4) is 11.5 Å². The predicted octanol–water partition coefficient (Wildman–Crippen LogP) is 5.78. The van der Waals surface area contributed by atoms with Crippen molar-refractivity contribution in [1.29, 1.82) is 0 Å². The number of Topliss-reactive ketones (excluding diaryl/α,β-unsaturated/α-hetero) is 1. The number of para-hydroxylation sites is 1. The van der Waals surface area contributed by atoms with E-state index in [1.54, 1.807) is 4.90 Å².